The molecule has 2 rings (SSSR count). The lowest BCUT2D eigenvalue weighted by molar-refractivity contribution is -0.431. The lowest BCUT2D eigenvalue weighted by Gasteiger charge is -2.26. The van der Waals surface area contributed by atoms with E-state index in [1.54, 1.807) is 6.92 Å². The van der Waals surface area contributed by atoms with E-state index >= 15 is 0 Å². The molecule has 0 unspecified atom stereocenters. The van der Waals surface area contributed by atoms with Crippen LogP contribution in [0.25, 0.3) is 0 Å². The highest BCUT2D eigenvalue weighted by molar-refractivity contribution is 5.92. The minimum Gasteiger partial charge on any atom is -0.461 e. The maximum atomic E-state index is 12.6. The Bertz CT molecular complexity index is 912. The second-order valence-corrected chi connectivity index (χ2v) is 5.76. The Balaban J connectivity index is 2.59. The number of nitro groups is 2. The molecule has 0 aliphatic carbocycles. The lowest BCUT2D eigenvalue weighted by atomic mass is 9.84. The SMILES string of the molecule is CC1=C(C(=O)OCCC#N)[C@@H](c2cccc([N+](=O)[O-])c2)C([N+](=O)[O-])=C(C)N1. The highest BCUT2D eigenvalue weighted by Gasteiger charge is 2.41. The van der Waals surface area contributed by atoms with Crippen molar-refractivity contribution in [1.29, 1.82) is 5.26 Å². The van der Waals surface area contributed by atoms with E-state index in [0.29, 0.717) is 5.70 Å². The topological polar surface area (TPSA) is 148 Å². The first-order valence-electron chi connectivity index (χ1n) is 7.89. The van der Waals surface area contributed by atoms with Gasteiger partial charge >= 0.3 is 5.97 Å². The number of hydrogen-bond donors (Lipinski definition) is 1. The van der Waals surface area contributed by atoms with Gasteiger partial charge < -0.3 is 10.1 Å². The number of hydrogen-bond acceptors (Lipinski definition) is 8. The third kappa shape index (κ3) is 4.09. The number of nitro benzene ring substituents is 1. The summed E-state index contributed by atoms with van der Waals surface area (Å²) in [7, 11) is 0. The molecule has 140 valence electrons. The molecular formula is C17H16N4O6. The molecule has 1 atom stereocenters. The maximum absolute atomic E-state index is 12.6. The highest BCUT2D eigenvalue weighted by Crippen LogP contribution is 2.39. The van der Waals surface area contributed by atoms with Crippen LogP contribution in [0, 0.1) is 31.6 Å². The number of benzene rings is 1. The van der Waals surface area contributed by atoms with Gasteiger partial charge in [0.05, 0.1) is 33.6 Å². The van der Waals surface area contributed by atoms with E-state index in [-0.39, 0.29) is 41.2 Å². The molecular weight excluding hydrogens is 356 g/mol. The Morgan fingerprint density at radius 1 is 1.26 bits per heavy atom. The quantitative estimate of drug-likeness (QED) is 0.346. The van der Waals surface area contributed by atoms with Gasteiger partial charge in [-0.1, -0.05) is 12.1 Å². The van der Waals surface area contributed by atoms with Gasteiger partial charge in [-0.15, -0.1) is 0 Å². The fraction of sp³-hybridized carbons (Fsp3) is 0.294. The van der Waals surface area contributed by atoms with E-state index in [4.69, 9.17) is 10.00 Å². The van der Waals surface area contributed by atoms with Crippen molar-refractivity contribution < 1.29 is 19.4 Å². The normalized spacial score (nSPS) is 16.4. The first-order chi connectivity index (χ1) is 12.8. The van der Waals surface area contributed by atoms with Crippen molar-refractivity contribution >= 4 is 11.7 Å². The molecule has 1 N–H and O–H groups in total. The van der Waals surface area contributed by atoms with Gasteiger partial charge in [0.2, 0.25) is 0 Å². The number of carbonyl (C=O) groups excluding carboxylic acids is 1. The number of ether oxygens (including phenoxy) is 1. The van der Waals surface area contributed by atoms with Crippen LogP contribution in [0.2, 0.25) is 0 Å². The molecule has 10 heteroatoms. The number of nitrogens with one attached hydrogen (secondary N) is 1. The molecule has 0 amide bonds. The summed E-state index contributed by atoms with van der Waals surface area (Å²) in [6.07, 6.45) is -0.0239. The van der Waals surface area contributed by atoms with Gasteiger partial charge in [-0.25, -0.2) is 4.79 Å². The molecule has 0 aromatic heterocycles. The molecule has 27 heavy (non-hydrogen) atoms. The maximum Gasteiger partial charge on any atom is 0.337 e. The van der Waals surface area contributed by atoms with Crippen LogP contribution in [0.4, 0.5) is 5.69 Å². The summed E-state index contributed by atoms with van der Waals surface area (Å²) in [6, 6.07) is 7.17. The molecule has 0 fully saturated rings. The van der Waals surface area contributed by atoms with Crippen molar-refractivity contribution in [3.05, 3.63) is 72.7 Å². The average Bonchev–Trinajstić information content (AvgIpc) is 2.60. The number of nitrogens with zero attached hydrogens (tertiary/aromatic N) is 3. The zero-order chi connectivity index (χ0) is 20.1. The molecule has 0 saturated heterocycles. The van der Waals surface area contributed by atoms with Gasteiger partial charge in [-0.05, 0) is 19.4 Å². The van der Waals surface area contributed by atoms with Crippen molar-refractivity contribution in [2.75, 3.05) is 6.61 Å². The molecule has 0 spiro atoms. The molecule has 10 nitrogen and oxygen atoms in total. The predicted octanol–water partition coefficient (Wildman–Crippen LogP) is 2.52. The minimum atomic E-state index is -1.14. The van der Waals surface area contributed by atoms with Crippen LogP contribution in [-0.4, -0.2) is 22.4 Å². The van der Waals surface area contributed by atoms with Gasteiger partial charge in [-0.2, -0.15) is 5.26 Å². The first-order valence-corrected chi connectivity index (χ1v) is 7.89. The van der Waals surface area contributed by atoms with Gasteiger partial charge in [0.25, 0.3) is 11.4 Å². The molecule has 1 aromatic carbocycles. The molecule has 0 bridgehead atoms. The van der Waals surface area contributed by atoms with Crippen LogP contribution in [0.3, 0.4) is 0 Å². The Morgan fingerprint density at radius 3 is 2.56 bits per heavy atom. The van der Waals surface area contributed by atoms with E-state index in [2.05, 4.69) is 5.32 Å². The second-order valence-electron chi connectivity index (χ2n) is 5.76. The summed E-state index contributed by atoms with van der Waals surface area (Å²) in [5.74, 6) is -1.96. The summed E-state index contributed by atoms with van der Waals surface area (Å²) in [6.45, 7) is 2.89. The number of carbonyl (C=O) groups is 1. The monoisotopic (exact) mass is 372 g/mol. The smallest absolute Gasteiger partial charge is 0.337 e. The lowest BCUT2D eigenvalue weighted by Crippen LogP contribution is -2.31. The fourth-order valence-electron chi connectivity index (χ4n) is 2.91. The van der Waals surface area contributed by atoms with E-state index in [1.807, 2.05) is 6.07 Å². The summed E-state index contributed by atoms with van der Waals surface area (Å²) < 4.78 is 5.05. The fourth-order valence-corrected chi connectivity index (χ4v) is 2.91. The van der Waals surface area contributed by atoms with Crippen molar-refractivity contribution in [3.8, 4) is 6.07 Å². The molecule has 1 aromatic rings. The van der Waals surface area contributed by atoms with Crippen molar-refractivity contribution in [2.45, 2.75) is 26.2 Å². The minimum absolute atomic E-state index is 0.0225. The van der Waals surface area contributed by atoms with Crippen molar-refractivity contribution in [3.63, 3.8) is 0 Å². The summed E-state index contributed by atoms with van der Waals surface area (Å²) in [4.78, 5) is 34.1. The van der Waals surface area contributed by atoms with Crippen LogP contribution < -0.4 is 5.32 Å². The Morgan fingerprint density at radius 2 is 1.96 bits per heavy atom. The van der Waals surface area contributed by atoms with E-state index in [1.165, 1.54) is 31.2 Å². The number of nitriles is 1. The zero-order valence-corrected chi connectivity index (χ0v) is 14.6. The molecule has 1 aliphatic heterocycles. The Labute approximate surface area is 154 Å². The van der Waals surface area contributed by atoms with Gasteiger partial charge in [-0.3, -0.25) is 20.2 Å². The van der Waals surface area contributed by atoms with Crippen LogP contribution in [0.5, 0.6) is 0 Å². The highest BCUT2D eigenvalue weighted by atomic mass is 16.6. The van der Waals surface area contributed by atoms with Crippen LogP contribution >= 0.6 is 0 Å². The number of dihydropyridines is 1. The Kier molecular flexibility index (Phi) is 5.87. The van der Waals surface area contributed by atoms with Gasteiger partial charge in [0.15, 0.2) is 0 Å². The second kappa shape index (κ2) is 8.09. The molecule has 0 radical (unpaired) electrons. The molecule has 0 saturated carbocycles. The number of non-ortho nitro benzene ring substituents is 1. The van der Waals surface area contributed by atoms with E-state index in [9.17, 15) is 25.0 Å². The molecule has 1 aliphatic rings. The number of allylic oxidation sites excluding steroid dienone is 3. The van der Waals surface area contributed by atoms with Crippen LogP contribution in [0.1, 0.15) is 31.7 Å². The zero-order valence-electron chi connectivity index (χ0n) is 14.6. The van der Waals surface area contributed by atoms with Crippen LogP contribution in [0.15, 0.2) is 46.9 Å². The summed E-state index contributed by atoms with van der Waals surface area (Å²) in [5, 5.41) is 34.1. The van der Waals surface area contributed by atoms with E-state index < -0.39 is 21.7 Å². The first kappa shape index (κ1) is 19.6. The standard InChI is InChI=1S/C17H16N4O6/c1-10-14(17(22)27-8-4-7-18)15(16(21(25)26)11(2)19-10)12-5-3-6-13(9-12)20(23)24/h3,5-6,9,15,19H,4,8H2,1-2H3/t15-/m1/s1. The Hall–Kier alpha value is -3.74. The molecule has 1 heterocycles. The van der Waals surface area contributed by atoms with Crippen LogP contribution in [-0.2, 0) is 9.53 Å². The van der Waals surface area contributed by atoms with Gasteiger partial charge in [0.1, 0.15) is 12.5 Å². The summed E-state index contributed by atoms with van der Waals surface area (Å²) >= 11 is 0. The van der Waals surface area contributed by atoms with Gasteiger partial charge in [0, 0.05) is 17.8 Å². The third-order valence-corrected chi connectivity index (χ3v) is 4.00. The number of rotatable bonds is 6. The van der Waals surface area contributed by atoms with E-state index in [0.717, 1.165) is 0 Å². The van der Waals surface area contributed by atoms with Crippen molar-refractivity contribution in [2.24, 2.45) is 0 Å². The third-order valence-electron chi connectivity index (χ3n) is 4.00. The van der Waals surface area contributed by atoms with Crippen molar-refractivity contribution in [1.82, 2.24) is 5.32 Å². The number of esters is 1. The summed E-state index contributed by atoms with van der Waals surface area (Å²) in [5.41, 5.74) is 0.225. The largest absolute Gasteiger partial charge is 0.461 e. The predicted molar refractivity (Wildman–Crippen MR) is 92.6 cm³/mol. The average molecular weight is 372 g/mol.